The van der Waals surface area contributed by atoms with Gasteiger partial charge in [-0.05, 0) is 81.3 Å². The Kier molecular flexibility index (Phi) is 4.71. The first kappa shape index (κ1) is 21.2. The Hall–Kier alpha value is -0.673. The molecule has 30 heavy (non-hydrogen) atoms. The van der Waals surface area contributed by atoms with Crippen molar-refractivity contribution in [3.63, 3.8) is 0 Å². The predicted octanol–water partition coefficient (Wildman–Crippen LogP) is 5.81. The molecule has 0 radical (unpaired) electrons. The molecular formula is C25H39NO3Si. The zero-order valence-electron chi connectivity index (χ0n) is 19.6. The zero-order valence-corrected chi connectivity index (χ0v) is 20.6. The predicted molar refractivity (Wildman–Crippen MR) is 119 cm³/mol. The fourth-order valence-corrected chi connectivity index (χ4v) is 9.67. The number of hydrogen-bond acceptors (Lipinski definition) is 4. The summed E-state index contributed by atoms with van der Waals surface area (Å²) in [4.78, 5) is 0. The maximum absolute atomic E-state index is 10.3. The van der Waals surface area contributed by atoms with Crippen molar-refractivity contribution in [1.29, 1.82) is 5.26 Å². The second-order valence-corrected chi connectivity index (χ2v) is 16.6. The lowest BCUT2D eigenvalue weighted by molar-refractivity contribution is -0.186. The van der Waals surface area contributed by atoms with Crippen molar-refractivity contribution in [3.8, 4) is 6.07 Å². The molecule has 0 amide bonds. The SMILES string of the molecule is CC12CCC3(CC1=CCC1C2CCC2(C)C1CCC2(C#N)O[Si](C)(C)C)OCCO3. The highest BCUT2D eigenvalue weighted by atomic mass is 28.4. The molecule has 0 bridgehead atoms. The van der Waals surface area contributed by atoms with Crippen molar-refractivity contribution in [2.75, 3.05) is 13.2 Å². The largest absolute Gasteiger partial charge is 0.399 e. The Balaban J connectivity index is 1.45. The molecule has 1 saturated heterocycles. The summed E-state index contributed by atoms with van der Waals surface area (Å²) in [5.74, 6) is 1.65. The minimum atomic E-state index is -1.81. The molecule has 0 aromatic carbocycles. The zero-order chi connectivity index (χ0) is 21.4. The second kappa shape index (κ2) is 6.67. The standard InChI is InChI=1S/C25H39NO3Si/c1-22-12-13-25(27-14-15-28-25)16-18(22)6-7-19-20(22)8-10-23(2)21(19)9-11-24(23,17-26)29-30(3,4)5/h6,19-21H,7-16H2,1-5H3. The lowest BCUT2D eigenvalue weighted by Crippen LogP contribution is -2.57. The number of rotatable bonds is 2. The van der Waals surface area contributed by atoms with Crippen LogP contribution in [0.4, 0.5) is 0 Å². The van der Waals surface area contributed by atoms with E-state index >= 15 is 0 Å². The molecule has 0 aromatic rings. The van der Waals surface area contributed by atoms with Crippen LogP contribution in [0.15, 0.2) is 11.6 Å². The summed E-state index contributed by atoms with van der Waals surface area (Å²) in [6.07, 6.45) is 11.2. The average molecular weight is 430 g/mol. The second-order valence-electron chi connectivity index (χ2n) is 12.2. The van der Waals surface area contributed by atoms with E-state index in [2.05, 4.69) is 45.6 Å². The van der Waals surface area contributed by atoms with Crippen LogP contribution in [0.25, 0.3) is 0 Å². The van der Waals surface area contributed by atoms with Gasteiger partial charge < -0.3 is 13.9 Å². The molecule has 5 rings (SSSR count). The van der Waals surface area contributed by atoms with Gasteiger partial charge in [-0.3, -0.25) is 0 Å². The number of fused-ring (bicyclic) bond motifs is 5. The highest BCUT2D eigenvalue weighted by molar-refractivity contribution is 6.69. The molecule has 166 valence electrons. The molecule has 0 aromatic heterocycles. The third kappa shape index (κ3) is 2.86. The number of hydrogen-bond donors (Lipinski definition) is 0. The van der Waals surface area contributed by atoms with E-state index in [0.29, 0.717) is 11.8 Å². The third-order valence-corrected chi connectivity index (χ3v) is 10.7. The van der Waals surface area contributed by atoms with Crippen LogP contribution < -0.4 is 0 Å². The van der Waals surface area contributed by atoms with E-state index in [4.69, 9.17) is 13.9 Å². The van der Waals surface area contributed by atoms with Gasteiger partial charge in [0.2, 0.25) is 0 Å². The van der Waals surface area contributed by atoms with Gasteiger partial charge in [-0.25, -0.2) is 0 Å². The molecule has 4 fully saturated rings. The summed E-state index contributed by atoms with van der Waals surface area (Å²) in [6.45, 7) is 13.1. The Labute approximate surface area is 183 Å². The average Bonchev–Trinajstić information content (AvgIpc) is 3.24. The summed E-state index contributed by atoms with van der Waals surface area (Å²) in [6, 6.07) is 2.73. The first-order valence-electron chi connectivity index (χ1n) is 12.2. The summed E-state index contributed by atoms with van der Waals surface area (Å²) in [5, 5.41) is 10.3. The van der Waals surface area contributed by atoms with Crippen LogP contribution in [-0.4, -0.2) is 32.9 Å². The van der Waals surface area contributed by atoms with Crippen molar-refractivity contribution in [3.05, 3.63) is 11.6 Å². The number of nitriles is 1. The van der Waals surface area contributed by atoms with Gasteiger partial charge in [0.05, 0.1) is 19.3 Å². The van der Waals surface area contributed by atoms with Crippen molar-refractivity contribution < 1.29 is 13.9 Å². The Morgan fingerprint density at radius 2 is 1.73 bits per heavy atom. The normalized spacial score (nSPS) is 47.2. The first-order valence-corrected chi connectivity index (χ1v) is 15.6. The van der Waals surface area contributed by atoms with E-state index in [1.165, 1.54) is 6.42 Å². The summed E-state index contributed by atoms with van der Waals surface area (Å²) in [5.41, 5.74) is 1.25. The van der Waals surface area contributed by atoms with Crippen LogP contribution in [0.1, 0.15) is 65.2 Å². The van der Waals surface area contributed by atoms with E-state index in [1.807, 2.05) is 0 Å². The van der Waals surface area contributed by atoms with Gasteiger partial charge in [0.1, 0.15) is 5.60 Å². The number of nitrogens with zero attached hydrogens (tertiary/aromatic N) is 1. The quantitative estimate of drug-likeness (QED) is 0.411. The molecule has 5 heteroatoms. The van der Waals surface area contributed by atoms with Crippen molar-refractivity contribution in [1.82, 2.24) is 0 Å². The van der Waals surface area contributed by atoms with E-state index in [0.717, 1.165) is 64.1 Å². The number of allylic oxidation sites excluding steroid dienone is 1. The molecule has 5 aliphatic rings. The molecule has 1 spiro atoms. The Morgan fingerprint density at radius 1 is 1.03 bits per heavy atom. The lowest BCUT2D eigenvalue weighted by Gasteiger charge is -2.59. The molecule has 6 atom stereocenters. The van der Waals surface area contributed by atoms with Gasteiger partial charge in [-0.2, -0.15) is 5.26 Å². The molecule has 6 unspecified atom stereocenters. The van der Waals surface area contributed by atoms with Gasteiger partial charge >= 0.3 is 0 Å². The van der Waals surface area contributed by atoms with E-state index in [9.17, 15) is 5.26 Å². The summed E-state index contributed by atoms with van der Waals surface area (Å²) >= 11 is 0. The molecule has 1 aliphatic heterocycles. The Morgan fingerprint density at radius 3 is 2.40 bits per heavy atom. The highest BCUT2D eigenvalue weighted by Crippen LogP contribution is 2.68. The van der Waals surface area contributed by atoms with Crippen LogP contribution >= 0.6 is 0 Å². The smallest absolute Gasteiger partial charge is 0.185 e. The minimum absolute atomic E-state index is 0.0154. The van der Waals surface area contributed by atoms with Gasteiger partial charge in [0.25, 0.3) is 0 Å². The maximum Gasteiger partial charge on any atom is 0.185 e. The minimum Gasteiger partial charge on any atom is -0.399 e. The van der Waals surface area contributed by atoms with E-state index in [1.54, 1.807) is 5.57 Å². The first-order chi connectivity index (χ1) is 14.1. The Bertz CT molecular complexity index is 791. The monoisotopic (exact) mass is 429 g/mol. The molecular weight excluding hydrogens is 390 g/mol. The maximum atomic E-state index is 10.3. The third-order valence-electron chi connectivity index (χ3n) is 9.70. The van der Waals surface area contributed by atoms with Crippen molar-refractivity contribution in [2.24, 2.45) is 28.6 Å². The van der Waals surface area contributed by atoms with Crippen LogP contribution in [0, 0.1) is 39.9 Å². The van der Waals surface area contributed by atoms with Crippen LogP contribution in [0.5, 0.6) is 0 Å². The molecule has 4 aliphatic carbocycles. The molecule has 4 nitrogen and oxygen atoms in total. The van der Waals surface area contributed by atoms with E-state index in [-0.39, 0.29) is 16.6 Å². The van der Waals surface area contributed by atoms with E-state index < -0.39 is 13.9 Å². The number of ether oxygens (including phenoxy) is 2. The van der Waals surface area contributed by atoms with Crippen LogP contribution in [-0.2, 0) is 13.9 Å². The summed E-state index contributed by atoms with van der Waals surface area (Å²) < 4.78 is 18.9. The fraction of sp³-hybridized carbons (Fsp3) is 0.880. The van der Waals surface area contributed by atoms with Crippen molar-refractivity contribution >= 4 is 8.32 Å². The van der Waals surface area contributed by atoms with Gasteiger partial charge in [0.15, 0.2) is 14.1 Å². The topological polar surface area (TPSA) is 51.5 Å². The van der Waals surface area contributed by atoms with Crippen LogP contribution in [0.2, 0.25) is 19.6 Å². The summed E-state index contributed by atoms with van der Waals surface area (Å²) in [7, 11) is -1.81. The lowest BCUT2D eigenvalue weighted by atomic mass is 9.47. The molecule has 1 heterocycles. The van der Waals surface area contributed by atoms with Crippen molar-refractivity contribution in [2.45, 2.75) is 96.2 Å². The van der Waals surface area contributed by atoms with Gasteiger partial charge in [-0.1, -0.05) is 25.5 Å². The van der Waals surface area contributed by atoms with Crippen LogP contribution in [0.3, 0.4) is 0 Å². The fourth-order valence-electron chi connectivity index (χ4n) is 8.24. The highest BCUT2D eigenvalue weighted by Gasteiger charge is 2.66. The van der Waals surface area contributed by atoms with Gasteiger partial charge in [0, 0.05) is 18.3 Å². The molecule has 3 saturated carbocycles. The van der Waals surface area contributed by atoms with Gasteiger partial charge in [-0.15, -0.1) is 0 Å². The molecule has 0 N–H and O–H groups in total.